The zero-order valence-electron chi connectivity index (χ0n) is 16.4. The monoisotopic (exact) mass is 408 g/mol. The molecule has 0 saturated carbocycles. The highest BCUT2D eigenvalue weighted by atomic mass is 16.6. The maximum absolute atomic E-state index is 12.4. The minimum absolute atomic E-state index is 0.235. The molecular formula is C23H20O7. The van der Waals surface area contributed by atoms with E-state index in [-0.39, 0.29) is 11.5 Å². The molecule has 0 amide bonds. The fraction of sp³-hybridized carbons (Fsp3) is 0.217. The van der Waals surface area contributed by atoms with Crippen molar-refractivity contribution in [2.45, 2.75) is 32.0 Å². The minimum Gasteiger partial charge on any atom is -0.504 e. The van der Waals surface area contributed by atoms with Crippen LogP contribution in [0.1, 0.15) is 25.0 Å². The van der Waals surface area contributed by atoms with Gasteiger partial charge < -0.3 is 24.1 Å². The maximum atomic E-state index is 12.4. The number of carbonyl (C=O) groups excluding carboxylic acids is 1. The molecule has 3 aromatic rings. The molecule has 154 valence electrons. The number of esters is 1. The first-order valence-electron chi connectivity index (χ1n) is 9.38. The van der Waals surface area contributed by atoms with E-state index < -0.39 is 23.3 Å². The van der Waals surface area contributed by atoms with E-state index in [0.29, 0.717) is 23.3 Å². The zero-order chi connectivity index (χ0) is 21.5. The predicted octanol–water partition coefficient (Wildman–Crippen LogP) is 3.54. The molecule has 7 heteroatoms. The van der Waals surface area contributed by atoms with Crippen LogP contribution in [0.15, 0.2) is 57.8 Å². The van der Waals surface area contributed by atoms with Crippen LogP contribution in [-0.4, -0.2) is 27.9 Å². The summed E-state index contributed by atoms with van der Waals surface area (Å²) < 4.78 is 16.9. The summed E-state index contributed by atoms with van der Waals surface area (Å²) in [4.78, 5) is 23.8. The van der Waals surface area contributed by atoms with Gasteiger partial charge >= 0.3 is 11.6 Å². The van der Waals surface area contributed by atoms with Crippen LogP contribution < -0.4 is 10.4 Å². The number of hydrogen-bond donors (Lipinski definition) is 2. The van der Waals surface area contributed by atoms with Crippen LogP contribution in [0.4, 0.5) is 0 Å². The Morgan fingerprint density at radius 1 is 1.13 bits per heavy atom. The van der Waals surface area contributed by atoms with E-state index in [4.69, 9.17) is 13.9 Å². The lowest BCUT2D eigenvalue weighted by atomic mass is 9.90. The van der Waals surface area contributed by atoms with Crippen molar-refractivity contribution in [3.05, 3.63) is 70.1 Å². The number of aromatic hydroxyl groups is 2. The number of rotatable bonds is 3. The largest absolute Gasteiger partial charge is 0.504 e. The Morgan fingerprint density at radius 3 is 2.70 bits per heavy atom. The van der Waals surface area contributed by atoms with E-state index in [2.05, 4.69) is 0 Å². The van der Waals surface area contributed by atoms with E-state index in [1.807, 2.05) is 19.9 Å². The van der Waals surface area contributed by atoms with Crippen molar-refractivity contribution in [1.82, 2.24) is 0 Å². The fourth-order valence-corrected chi connectivity index (χ4v) is 3.36. The quantitative estimate of drug-likeness (QED) is 0.295. The summed E-state index contributed by atoms with van der Waals surface area (Å²) in [5.41, 5.74) is 0.599. The van der Waals surface area contributed by atoms with Gasteiger partial charge in [-0.1, -0.05) is 6.07 Å². The summed E-state index contributed by atoms with van der Waals surface area (Å²) >= 11 is 0. The smallest absolute Gasteiger partial charge is 0.336 e. The molecule has 4 rings (SSSR count). The van der Waals surface area contributed by atoms with Crippen molar-refractivity contribution in [1.29, 1.82) is 0 Å². The van der Waals surface area contributed by atoms with Gasteiger partial charge in [0.1, 0.15) is 23.0 Å². The topological polar surface area (TPSA) is 106 Å². The minimum atomic E-state index is -0.796. The molecule has 1 aliphatic rings. The first kappa shape index (κ1) is 19.6. The van der Waals surface area contributed by atoms with E-state index >= 15 is 0 Å². The lowest BCUT2D eigenvalue weighted by Crippen LogP contribution is -2.48. The standard InChI is InChI=1S/C23H20O7/c1-23(2)20(29-22(27)7-4-13-3-6-16(24)17(25)9-13)11-15-10-14-5-8-21(26)28-18(14)12-19(15)30-23/h3-10,12,20,24-25H,11H2,1-2H3. The third-order valence-corrected chi connectivity index (χ3v) is 5.03. The molecule has 2 heterocycles. The summed E-state index contributed by atoms with van der Waals surface area (Å²) in [7, 11) is 0. The Morgan fingerprint density at radius 2 is 1.93 bits per heavy atom. The molecule has 0 radical (unpaired) electrons. The second-order valence-electron chi connectivity index (χ2n) is 7.67. The summed E-state index contributed by atoms with van der Waals surface area (Å²) in [6.45, 7) is 3.64. The molecule has 0 spiro atoms. The second kappa shape index (κ2) is 7.26. The van der Waals surface area contributed by atoms with Crippen LogP contribution >= 0.6 is 0 Å². The highest BCUT2D eigenvalue weighted by molar-refractivity contribution is 5.87. The third kappa shape index (κ3) is 3.87. The molecule has 1 atom stereocenters. The van der Waals surface area contributed by atoms with Crippen molar-refractivity contribution in [3.63, 3.8) is 0 Å². The average molecular weight is 408 g/mol. The predicted molar refractivity (Wildman–Crippen MR) is 110 cm³/mol. The van der Waals surface area contributed by atoms with Crippen molar-refractivity contribution in [2.24, 2.45) is 0 Å². The van der Waals surface area contributed by atoms with Crippen LogP contribution in [-0.2, 0) is 16.0 Å². The normalized spacial score (nSPS) is 17.5. The first-order valence-corrected chi connectivity index (χ1v) is 9.38. The van der Waals surface area contributed by atoms with Gasteiger partial charge in [0.15, 0.2) is 11.5 Å². The molecule has 1 aliphatic heterocycles. The van der Waals surface area contributed by atoms with Crippen molar-refractivity contribution in [2.75, 3.05) is 0 Å². The number of phenolic OH excluding ortho intramolecular Hbond substituents is 2. The van der Waals surface area contributed by atoms with Crippen LogP contribution in [0.2, 0.25) is 0 Å². The van der Waals surface area contributed by atoms with Gasteiger partial charge in [-0.15, -0.1) is 0 Å². The molecule has 30 heavy (non-hydrogen) atoms. The lowest BCUT2D eigenvalue weighted by Gasteiger charge is -2.39. The number of fused-ring (bicyclic) bond motifs is 2. The Bertz CT molecular complexity index is 1220. The highest BCUT2D eigenvalue weighted by Gasteiger charge is 2.39. The van der Waals surface area contributed by atoms with Gasteiger partial charge in [0.2, 0.25) is 0 Å². The number of carbonyl (C=O) groups is 1. The number of phenols is 2. The lowest BCUT2D eigenvalue weighted by molar-refractivity contribution is -0.155. The Balaban J connectivity index is 1.54. The van der Waals surface area contributed by atoms with Gasteiger partial charge in [-0.05, 0) is 55.3 Å². The van der Waals surface area contributed by atoms with Gasteiger partial charge in [0.05, 0.1) is 0 Å². The van der Waals surface area contributed by atoms with Crippen molar-refractivity contribution < 1.29 is 28.9 Å². The molecule has 1 aromatic heterocycles. The Hall–Kier alpha value is -3.74. The maximum Gasteiger partial charge on any atom is 0.336 e. The van der Waals surface area contributed by atoms with Gasteiger partial charge in [-0.25, -0.2) is 9.59 Å². The van der Waals surface area contributed by atoms with E-state index in [1.165, 1.54) is 30.4 Å². The zero-order valence-corrected chi connectivity index (χ0v) is 16.4. The summed E-state index contributed by atoms with van der Waals surface area (Å²) in [5, 5.41) is 19.6. The summed E-state index contributed by atoms with van der Waals surface area (Å²) in [5.74, 6) is -0.475. The molecule has 0 fully saturated rings. The second-order valence-corrected chi connectivity index (χ2v) is 7.67. The van der Waals surface area contributed by atoms with Gasteiger partial charge in [-0.2, -0.15) is 0 Å². The van der Waals surface area contributed by atoms with Crippen LogP contribution in [0, 0.1) is 0 Å². The van der Waals surface area contributed by atoms with Crippen LogP contribution in [0.25, 0.3) is 17.0 Å². The van der Waals surface area contributed by atoms with Gasteiger partial charge in [-0.3, -0.25) is 0 Å². The van der Waals surface area contributed by atoms with Crippen LogP contribution in [0.5, 0.6) is 17.2 Å². The molecule has 1 unspecified atom stereocenters. The van der Waals surface area contributed by atoms with Crippen molar-refractivity contribution in [3.8, 4) is 17.2 Å². The SMILES string of the molecule is CC1(C)Oc2cc3oc(=O)ccc3cc2CC1OC(=O)C=Cc1ccc(O)c(O)c1. The fourth-order valence-electron chi connectivity index (χ4n) is 3.36. The van der Waals surface area contributed by atoms with Gasteiger partial charge in [0.25, 0.3) is 0 Å². The third-order valence-electron chi connectivity index (χ3n) is 5.03. The van der Waals surface area contributed by atoms with Crippen molar-refractivity contribution >= 4 is 23.0 Å². The Kier molecular flexibility index (Phi) is 4.73. The van der Waals surface area contributed by atoms with Crippen LogP contribution in [0.3, 0.4) is 0 Å². The Labute approximate surface area is 171 Å². The molecule has 7 nitrogen and oxygen atoms in total. The average Bonchev–Trinajstić information content (AvgIpc) is 2.68. The summed E-state index contributed by atoms with van der Waals surface area (Å²) in [6.07, 6.45) is 2.65. The molecule has 0 bridgehead atoms. The highest BCUT2D eigenvalue weighted by Crippen LogP contribution is 2.37. The van der Waals surface area contributed by atoms with E-state index in [1.54, 1.807) is 18.2 Å². The number of hydrogen-bond acceptors (Lipinski definition) is 7. The summed E-state index contributed by atoms with van der Waals surface area (Å²) in [6, 6.07) is 10.8. The van der Waals surface area contributed by atoms with Gasteiger partial charge in [0, 0.05) is 30.0 Å². The molecule has 2 N–H and O–H groups in total. The number of benzene rings is 2. The molecule has 0 aliphatic carbocycles. The number of ether oxygens (including phenoxy) is 2. The van der Waals surface area contributed by atoms with E-state index in [9.17, 15) is 19.8 Å². The molecular weight excluding hydrogens is 388 g/mol. The molecule has 2 aromatic carbocycles. The first-order chi connectivity index (χ1) is 14.2. The van der Waals surface area contributed by atoms with E-state index in [0.717, 1.165) is 10.9 Å². The molecule has 0 saturated heterocycles.